The van der Waals surface area contributed by atoms with Gasteiger partial charge in [-0.25, -0.2) is 9.37 Å². The van der Waals surface area contributed by atoms with Gasteiger partial charge in [0.25, 0.3) is 0 Å². The van der Waals surface area contributed by atoms with Crippen LogP contribution in [0.1, 0.15) is 31.5 Å². The second kappa shape index (κ2) is 7.20. The average Bonchev–Trinajstić information content (AvgIpc) is 2.83. The number of benzene rings is 1. The Kier molecular flexibility index (Phi) is 5.53. The minimum absolute atomic E-state index is 0.259. The summed E-state index contributed by atoms with van der Waals surface area (Å²) in [5.74, 6) is 0.397. The van der Waals surface area contributed by atoms with Gasteiger partial charge in [-0.05, 0) is 36.7 Å². The summed E-state index contributed by atoms with van der Waals surface area (Å²) in [5.41, 5.74) is 1.34. The molecule has 1 heterocycles. The van der Waals surface area contributed by atoms with Gasteiger partial charge in [0.15, 0.2) is 0 Å². The first-order chi connectivity index (χ1) is 10.3. The molecule has 22 heavy (non-hydrogen) atoms. The van der Waals surface area contributed by atoms with E-state index >= 15 is 0 Å². The lowest BCUT2D eigenvalue weighted by atomic mass is 9.96. The van der Waals surface area contributed by atoms with Crippen LogP contribution in [-0.4, -0.2) is 23.5 Å². The van der Waals surface area contributed by atoms with Crippen molar-refractivity contribution in [2.75, 3.05) is 13.6 Å². The minimum atomic E-state index is -0.259. The molecule has 0 bridgehead atoms. The summed E-state index contributed by atoms with van der Waals surface area (Å²) < 4.78 is 18.4. The first-order valence-corrected chi connectivity index (χ1v) is 8.20. The maximum atomic E-state index is 12.8. The summed E-state index contributed by atoms with van der Waals surface area (Å²) >= 11 is 1.60. The van der Waals surface area contributed by atoms with E-state index < -0.39 is 0 Å². The van der Waals surface area contributed by atoms with E-state index in [-0.39, 0.29) is 11.2 Å². The van der Waals surface area contributed by atoms with Crippen LogP contribution in [0.5, 0.6) is 5.75 Å². The average molecular weight is 322 g/mol. The number of ether oxygens (including phenoxy) is 1. The molecular formula is C17H23FN2OS. The molecule has 0 N–H and O–H groups in total. The molecule has 0 spiro atoms. The molecule has 1 aromatic carbocycles. The lowest BCUT2D eigenvalue weighted by molar-refractivity contribution is 0.219. The molecule has 0 aliphatic heterocycles. The topological polar surface area (TPSA) is 25.4 Å². The quantitative estimate of drug-likeness (QED) is 0.791. The molecule has 2 aromatic rings. The second-order valence-corrected chi connectivity index (χ2v) is 7.65. The van der Waals surface area contributed by atoms with E-state index in [1.54, 1.807) is 23.5 Å². The van der Waals surface area contributed by atoms with Crippen molar-refractivity contribution in [2.45, 2.75) is 33.9 Å². The standard InChI is InChI=1S/C17H23FN2OS/c1-17(2,3)12-20(4)9-14-11-22-16(19-14)10-21-15-7-5-13(18)6-8-15/h5-8,11H,9-10,12H2,1-4H3. The Hall–Kier alpha value is -1.46. The van der Waals surface area contributed by atoms with Gasteiger partial charge in [0, 0.05) is 18.5 Å². The Labute approximate surface area is 135 Å². The van der Waals surface area contributed by atoms with E-state index in [1.807, 2.05) is 0 Å². The highest BCUT2D eigenvalue weighted by atomic mass is 32.1. The van der Waals surface area contributed by atoms with Crippen molar-refractivity contribution in [3.63, 3.8) is 0 Å². The normalized spacial score (nSPS) is 11.9. The number of thiazole rings is 1. The fourth-order valence-corrected chi connectivity index (χ4v) is 3.00. The number of halogens is 1. The third-order valence-corrected chi connectivity index (χ3v) is 3.82. The zero-order valence-electron chi connectivity index (χ0n) is 13.6. The van der Waals surface area contributed by atoms with Gasteiger partial charge in [0.1, 0.15) is 23.2 Å². The SMILES string of the molecule is CN(Cc1csc(COc2ccc(F)cc2)n1)CC(C)(C)C. The summed E-state index contributed by atoms with van der Waals surface area (Å²) in [4.78, 5) is 6.87. The Bertz CT molecular complexity index is 589. The number of nitrogens with zero attached hydrogens (tertiary/aromatic N) is 2. The first kappa shape index (κ1) is 16.9. The molecule has 0 amide bonds. The van der Waals surface area contributed by atoms with Gasteiger partial charge in [0.2, 0.25) is 0 Å². The van der Waals surface area contributed by atoms with Crippen molar-refractivity contribution in [1.29, 1.82) is 0 Å². The molecule has 0 unspecified atom stereocenters. The largest absolute Gasteiger partial charge is 0.486 e. The predicted octanol–water partition coefficient (Wildman–Crippen LogP) is 4.34. The highest BCUT2D eigenvalue weighted by molar-refractivity contribution is 7.09. The first-order valence-electron chi connectivity index (χ1n) is 7.32. The van der Waals surface area contributed by atoms with Crippen LogP contribution in [0.3, 0.4) is 0 Å². The van der Waals surface area contributed by atoms with Crippen molar-refractivity contribution in [3.8, 4) is 5.75 Å². The van der Waals surface area contributed by atoms with Crippen molar-refractivity contribution < 1.29 is 9.13 Å². The molecule has 0 saturated heterocycles. The number of rotatable bonds is 6. The van der Waals surface area contributed by atoms with Crippen LogP contribution in [0.4, 0.5) is 4.39 Å². The Morgan fingerprint density at radius 1 is 1.23 bits per heavy atom. The van der Waals surface area contributed by atoms with Crippen molar-refractivity contribution in [3.05, 3.63) is 46.2 Å². The van der Waals surface area contributed by atoms with Crippen molar-refractivity contribution in [2.24, 2.45) is 5.41 Å². The van der Waals surface area contributed by atoms with Gasteiger partial charge in [-0.3, -0.25) is 4.90 Å². The third kappa shape index (κ3) is 5.73. The Balaban J connectivity index is 1.84. The molecule has 0 aliphatic rings. The van der Waals surface area contributed by atoms with E-state index in [9.17, 15) is 4.39 Å². The third-order valence-electron chi connectivity index (χ3n) is 2.95. The van der Waals surface area contributed by atoms with Crippen molar-refractivity contribution in [1.82, 2.24) is 9.88 Å². The lowest BCUT2D eigenvalue weighted by Gasteiger charge is -2.25. The van der Waals surface area contributed by atoms with Crippen LogP contribution in [0.25, 0.3) is 0 Å². The lowest BCUT2D eigenvalue weighted by Crippen LogP contribution is -2.28. The van der Waals surface area contributed by atoms with Crippen LogP contribution < -0.4 is 4.74 Å². The molecule has 0 saturated carbocycles. The van der Waals surface area contributed by atoms with Crippen LogP contribution in [0.2, 0.25) is 0 Å². The minimum Gasteiger partial charge on any atom is -0.486 e. The van der Waals surface area contributed by atoms with Gasteiger partial charge in [-0.2, -0.15) is 0 Å². The summed E-state index contributed by atoms with van der Waals surface area (Å²) in [6.45, 7) is 8.96. The molecule has 120 valence electrons. The van der Waals surface area contributed by atoms with E-state index in [2.05, 4.69) is 43.1 Å². The van der Waals surface area contributed by atoms with E-state index in [0.717, 1.165) is 23.8 Å². The van der Waals surface area contributed by atoms with E-state index in [0.29, 0.717) is 12.4 Å². The number of hydrogen-bond donors (Lipinski definition) is 0. The summed E-state index contributed by atoms with van der Waals surface area (Å²) in [5, 5.41) is 3.01. The maximum absolute atomic E-state index is 12.8. The van der Waals surface area contributed by atoms with Crippen molar-refractivity contribution >= 4 is 11.3 Å². The molecule has 2 rings (SSSR count). The Morgan fingerprint density at radius 3 is 2.55 bits per heavy atom. The summed E-state index contributed by atoms with van der Waals surface area (Å²) in [6.07, 6.45) is 0. The van der Waals surface area contributed by atoms with Crippen LogP contribution in [0.15, 0.2) is 29.6 Å². The molecule has 0 aliphatic carbocycles. The highest BCUT2D eigenvalue weighted by Crippen LogP contribution is 2.18. The van der Waals surface area contributed by atoms with Gasteiger partial charge in [-0.1, -0.05) is 20.8 Å². The molecule has 0 atom stereocenters. The zero-order chi connectivity index (χ0) is 16.2. The van der Waals surface area contributed by atoms with Gasteiger partial charge >= 0.3 is 0 Å². The molecule has 5 heteroatoms. The fourth-order valence-electron chi connectivity index (χ4n) is 2.31. The smallest absolute Gasteiger partial charge is 0.140 e. The van der Waals surface area contributed by atoms with Gasteiger partial charge in [0.05, 0.1) is 5.69 Å². The molecule has 0 radical (unpaired) electrons. The highest BCUT2D eigenvalue weighted by Gasteiger charge is 2.14. The van der Waals surface area contributed by atoms with E-state index in [1.165, 1.54) is 12.1 Å². The van der Waals surface area contributed by atoms with E-state index in [4.69, 9.17) is 4.74 Å². The molecule has 0 fully saturated rings. The monoisotopic (exact) mass is 322 g/mol. The maximum Gasteiger partial charge on any atom is 0.140 e. The summed E-state index contributed by atoms with van der Waals surface area (Å²) in [6, 6.07) is 6.04. The van der Waals surface area contributed by atoms with Gasteiger partial charge < -0.3 is 4.74 Å². The predicted molar refractivity (Wildman–Crippen MR) is 88.6 cm³/mol. The van der Waals surface area contributed by atoms with Gasteiger partial charge in [-0.15, -0.1) is 11.3 Å². The number of hydrogen-bond acceptors (Lipinski definition) is 4. The van der Waals surface area contributed by atoms with Crippen LogP contribution in [-0.2, 0) is 13.2 Å². The van der Waals surface area contributed by atoms with Crippen LogP contribution in [0, 0.1) is 11.2 Å². The summed E-state index contributed by atoms with van der Waals surface area (Å²) in [7, 11) is 2.11. The molecule has 1 aromatic heterocycles. The fraction of sp³-hybridized carbons (Fsp3) is 0.471. The molecule has 3 nitrogen and oxygen atoms in total. The number of aromatic nitrogens is 1. The zero-order valence-corrected chi connectivity index (χ0v) is 14.4. The Morgan fingerprint density at radius 2 is 1.91 bits per heavy atom. The van der Waals surface area contributed by atoms with Crippen LogP contribution >= 0.6 is 11.3 Å². The molecular weight excluding hydrogens is 299 g/mol. The second-order valence-electron chi connectivity index (χ2n) is 6.71.